The lowest BCUT2D eigenvalue weighted by Crippen LogP contribution is -2.12. The molecule has 180 valence electrons. The predicted octanol–water partition coefficient (Wildman–Crippen LogP) is 6.57. The van der Waals surface area contributed by atoms with Crippen molar-refractivity contribution in [3.63, 3.8) is 0 Å². The highest BCUT2D eigenvalue weighted by atomic mass is 35.5. The van der Waals surface area contributed by atoms with Crippen LogP contribution in [0.2, 0.25) is 5.02 Å². The van der Waals surface area contributed by atoms with Gasteiger partial charge in [0.1, 0.15) is 0 Å². The number of aromatic nitrogens is 1. The smallest absolute Gasteiger partial charge is 0.303 e. The van der Waals surface area contributed by atoms with Gasteiger partial charge in [0.2, 0.25) is 0 Å². The molecule has 34 heavy (non-hydrogen) atoms. The summed E-state index contributed by atoms with van der Waals surface area (Å²) in [6, 6.07) is 19.6. The molecule has 0 aliphatic carbocycles. The fourth-order valence-corrected chi connectivity index (χ4v) is 4.40. The predicted molar refractivity (Wildman–Crippen MR) is 135 cm³/mol. The third-order valence-corrected chi connectivity index (χ3v) is 6.13. The number of unbranched alkanes of at least 4 members (excludes halogenated alkanes) is 1. The van der Waals surface area contributed by atoms with Gasteiger partial charge in [-0.1, -0.05) is 61.0 Å². The van der Waals surface area contributed by atoms with Crippen LogP contribution in [0.25, 0.3) is 11.3 Å². The van der Waals surface area contributed by atoms with Crippen molar-refractivity contribution in [2.45, 2.75) is 45.6 Å². The Morgan fingerprint density at radius 1 is 1.03 bits per heavy atom. The number of ether oxygens (including phenoxy) is 1. The molecule has 0 saturated carbocycles. The summed E-state index contributed by atoms with van der Waals surface area (Å²) >= 11 is 6.02. The average molecular weight is 482 g/mol. The van der Waals surface area contributed by atoms with E-state index in [0.717, 1.165) is 41.8 Å². The molecule has 0 aliphatic rings. The number of nitrogens with zero attached hydrogens (tertiary/aromatic N) is 1. The molecule has 1 aromatic heterocycles. The summed E-state index contributed by atoms with van der Waals surface area (Å²) in [5, 5.41) is 9.76. The largest absolute Gasteiger partial charge is 0.481 e. The Labute approximate surface area is 206 Å². The van der Waals surface area contributed by atoms with Crippen molar-refractivity contribution in [1.82, 2.24) is 4.57 Å². The van der Waals surface area contributed by atoms with E-state index < -0.39 is 5.97 Å². The second-order valence-corrected chi connectivity index (χ2v) is 9.22. The highest BCUT2D eigenvalue weighted by Gasteiger charge is 2.21. The van der Waals surface area contributed by atoms with Gasteiger partial charge in [0.05, 0.1) is 6.61 Å². The van der Waals surface area contributed by atoms with Gasteiger partial charge in [-0.15, -0.1) is 0 Å². The first-order chi connectivity index (χ1) is 16.3. The Balaban J connectivity index is 1.65. The zero-order valence-corrected chi connectivity index (χ0v) is 20.6. The van der Waals surface area contributed by atoms with Gasteiger partial charge in [-0.05, 0) is 54.5 Å². The molecule has 1 N–H and O–H groups in total. The minimum Gasteiger partial charge on any atom is -0.481 e. The summed E-state index contributed by atoms with van der Waals surface area (Å²) in [5.74, 6) is -1.09. The van der Waals surface area contributed by atoms with Gasteiger partial charge in [0, 0.05) is 48.5 Å². The first-order valence-corrected chi connectivity index (χ1v) is 12.0. The van der Waals surface area contributed by atoms with Crippen LogP contribution in [0.1, 0.15) is 54.2 Å². The number of ketones is 1. The minimum absolute atomic E-state index is 0.00117. The van der Waals surface area contributed by atoms with Gasteiger partial charge in [0.25, 0.3) is 0 Å². The highest BCUT2D eigenvalue weighted by Crippen LogP contribution is 2.28. The molecule has 0 bridgehead atoms. The molecule has 3 rings (SSSR count). The number of carbonyl (C=O) groups excluding carboxylic acids is 1. The zero-order valence-electron chi connectivity index (χ0n) is 19.8. The lowest BCUT2D eigenvalue weighted by Gasteiger charge is -2.11. The third kappa shape index (κ3) is 7.31. The topological polar surface area (TPSA) is 68.5 Å². The van der Waals surface area contributed by atoms with E-state index in [9.17, 15) is 9.59 Å². The Morgan fingerprint density at radius 2 is 1.79 bits per heavy atom. The summed E-state index contributed by atoms with van der Waals surface area (Å²) in [6.45, 7) is 2.96. The molecule has 0 unspecified atom stereocenters. The van der Waals surface area contributed by atoms with Crippen molar-refractivity contribution in [2.24, 2.45) is 13.0 Å². The van der Waals surface area contributed by atoms with Crippen LogP contribution >= 0.6 is 11.6 Å². The number of carboxylic acids is 1. The second-order valence-electron chi connectivity index (χ2n) is 8.78. The van der Waals surface area contributed by atoms with Crippen LogP contribution in [0.5, 0.6) is 0 Å². The van der Waals surface area contributed by atoms with Gasteiger partial charge >= 0.3 is 5.97 Å². The van der Waals surface area contributed by atoms with E-state index in [1.165, 1.54) is 0 Å². The Morgan fingerprint density at radius 3 is 2.50 bits per heavy atom. The molecule has 6 heteroatoms. The maximum Gasteiger partial charge on any atom is 0.303 e. The number of hydrogen-bond acceptors (Lipinski definition) is 3. The van der Waals surface area contributed by atoms with Gasteiger partial charge in [0.15, 0.2) is 5.78 Å². The number of carboxylic acid groups (broad SMARTS) is 1. The fourth-order valence-electron chi connectivity index (χ4n) is 4.18. The van der Waals surface area contributed by atoms with Crippen LogP contribution < -0.4 is 0 Å². The van der Waals surface area contributed by atoms with Crippen LogP contribution in [-0.4, -0.2) is 28.0 Å². The SMILES string of the molecule is C[C@H](CC(=O)O)CC(=O)c1cc(-c2ccccc2)n(C)c1CCCCOCc1cccc(Cl)c1. The van der Waals surface area contributed by atoms with E-state index in [1.807, 2.05) is 74.6 Å². The van der Waals surface area contributed by atoms with Crippen LogP contribution in [0.15, 0.2) is 60.7 Å². The number of benzene rings is 2. The number of aliphatic carboxylic acids is 1. The molecular formula is C28H32ClNO4. The van der Waals surface area contributed by atoms with Gasteiger partial charge < -0.3 is 14.4 Å². The number of rotatable bonds is 13. The lowest BCUT2D eigenvalue weighted by atomic mass is 9.96. The third-order valence-electron chi connectivity index (χ3n) is 5.90. The summed E-state index contributed by atoms with van der Waals surface area (Å²) in [4.78, 5) is 24.2. The van der Waals surface area contributed by atoms with Crippen LogP contribution in [0, 0.1) is 5.92 Å². The Kier molecular flexibility index (Phi) is 9.49. The van der Waals surface area contributed by atoms with E-state index in [1.54, 1.807) is 0 Å². The molecule has 0 aliphatic heterocycles. The second kappa shape index (κ2) is 12.5. The molecule has 0 saturated heterocycles. The van der Waals surface area contributed by atoms with Crippen molar-refractivity contribution in [3.05, 3.63) is 82.5 Å². The van der Waals surface area contributed by atoms with Crippen LogP contribution in [0.4, 0.5) is 0 Å². The molecule has 3 aromatic rings. The fraction of sp³-hybridized carbons (Fsp3) is 0.357. The average Bonchev–Trinajstić information content (AvgIpc) is 3.12. The first-order valence-electron chi connectivity index (χ1n) is 11.7. The monoisotopic (exact) mass is 481 g/mol. The zero-order chi connectivity index (χ0) is 24.5. The number of hydrogen-bond donors (Lipinski definition) is 1. The summed E-state index contributed by atoms with van der Waals surface area (Å²) in [6.07, 6.45) is 2.71. The molecule has 0 spiro atoms. The normalized spacial score (nSPS) is 12.0. The molecule has 0 fully saturated rings. The van der Waals surface area contributed by atoms with Crippen molar-refractivity contribution in [1.29, 1.82) is 0 Å². The molecule has 1 atom stereocenters. The van der Waals surface area contributed by atoms with Gasteiger partial charge in [-0.25, -0.2) is 0 Å². The standard InChI is InChI=1S/C28H32ClNO4/c1-20(16-28(32)33)15-27(31)24-18-26(22-10-4-3-5-11-22)30(2)25(24)13-6-7-14-34-19-21-9-8-12-23(29)17-21/h3-5,8-12,17-18,20H,6-7,13-16,19H2,1-2H3,(H,32,33)/t20-/m0/s1. The number of Topliss-reactive ketones (excluding diaryl/α,β-unsaturated/α-hetero) is 1. The summed E-state index contributed by atoms with van der Waals surface area (Å²) in [5.41, 5.74) is 4.77. The van der Waals surface area contributed by atoms with E-state index >= 15 is 0 Å². The molecule has 5 nitrogen and oxygen atoms in total. The number of carbonyl (C=O) groups is 2. The highest BCUT2D eigenvalue weighted by molar-refractivity contribution is 6.30. The van der Waals surface area contributed by atoms with Crippen molar-refractivity contribution in [2.75, 3.05) is 6.61 Å². The summed E-state index contributed by atoms with van der Waals surface area (Å²) in [7, 11) is 1.99. The molecule has 2 aromatic carbocycles. The van der Waals surface area contributed by atoms with E-state index in [2.05, 4.69) is 4.57 Å². The van der Waals surface area contributed by atoms with Gasteiger partial charge in [-0.3, -0.25) is 9.59 Å². The van der Waals surface area contributed by atoms with Gasteiger partial charge in [-0.2, -0.15) is 0 Å². The maximum atomic E-state index is 13.1. The summed E-state index contributed by atoms with van der Waals surface area (Å²) < 4.78 is 7.89. The van der Waals surface area contributed by atoms with Crippen molar-refractivity contribution >= 4 is 23.4 Å². The molecular weight excluding hydrogens is 450 g/mol. The van der Waals surface area contributed by atoms with Crippen LogP contribution in [0.3, 0.4) is 0 Å². The maximum absolute atomic E-state index is 13.1. The van der Waals surface area contributed by atoms with Crippen molar-refractivity contribution in [3.8, 4) is 11.3 Å². The lowest BCUT2D eigenvalue weighted by molar-refractivity contribution is -0.137. The minimum atomic E-state index is -0.878. The van der Waals surface area contributed by atoms with E-state index in [0.29, 0.717) is 23.8 Å². The molecule has 0 radical (unpaired) electrons. The van der Waals surface area contributed by atoms with Crippen LogP contribution in [-0.2, 0) is 29.6 Å². The van der Waals surface area contributed by atoms with E-state index in [4.69, 9.17) is 21.4 Å². The Hall–Kier alpha value is -2.89. The van der Waals surface area contributed by atoms with Crippen molar-refractivity contribution < 1.29 is 19.4 Å². The first kappa shape index (κ1) is 25.7. The Bertz CT molecular complexity index is 1110. The molecule has 1 heterocycles. The number of halogens is 1. The van der Waals surface area contributed by atoms with E-state index in [-0.39, 0.29) is 24.5 Å². The quantitative estimate of drug-likeness (QED) is 0.221. The molecule has 0 amide bonds.